The van der Waals surface area contributed by atoms with E-state index in [4.69, 9.17) is 4.74 Å². The zero-order valence-corrected chi connectivity index (χ0v) is 13.7. The number of rotatable bonds is 8. The van der Waals surface area contributed by atoms with Gasteiger partial charge in [0, 0.05) is 31.4 Å². The molecule has 1 aromatic heterocycles. The number of pyridine rings is 1. The third kappa shape index (κ3) is 5.37. The molecule has 0 spiro atoms. The third-order valence-corrected chi connectivity index (χ3v) is 3.12. The second-order valence-electron chi connectivity index (χ2n) is 5.87. The van der Waals surface area contributed by atoms with Gasteiger partial charge in [-0.15, -0.1) is 0 Å². The van der Waals surface area contributed by atoms with Crippen LogP contribution in [0.1, 0.15) is 41.5 Å². The molecule has 4 heteroatoms. The van der Waals surface area contributed by atoms with Crippen LogP contribution in [0.25, 0.3) is 0 Å². The summed E-state index contributed by atoms with van der Waals surface area (Å²) in [6.45, 7) is 14.8. The summed E-state index contributed by atoms with van der Waals surface area (Å²) in [5, 5.41) is 3.38. The van der Waals surface area contributed by atoms with E-state index in [2.05, 4.69) is 42.9 Å². The topological polar surface area (TPSA) is 37.4 Å². The molecule has 0 radical (unpaired) electrons. The molecule has 1 rings (SSSR count). The molecule has 0 atom stereocenters. The molecule has 4 nitrogen and oxygen atoms in total. The summed E-state index contributed by atoms with van der Waals surface area (Å²) < 4.78 is 5.76. The van der Waals surface area contributed by atoms with Crippen LogP contribution >= 0.6 is 0 Å². The molecule has 1 N–H and O–H groups in total. The van der Waals surface area contributed by atoms with Gasteiger partial charge in [-0.1, -0.05) is 0 Å². The summed E-state index contributed by atoms with van der Waals surface area (Å²) in [6.07, 6.45) is 1.95. The molecular formula is C16H29N3O. The Hall–Kier alpha value is -1.29. The lowest BCUT2D eigenvalue weighted by atomic mass is 10.2. The lowest BCUT2D eigenvalue weighted by molar-refractivity contribution is 0.182. The fraction of sp³-hybridized carbons (Fsp3) is 0.688. The average Bonchev–Trinajstić information content (AvgIpc) is 2.34. The molecule has 0 amide bonds. The number of hydrogen-bond donors (Lipinski definition) is 1. The van der Waals surface area contributed by atoms with Crippen molar-refractivity contribution in [3.05, 3.63) is 18.3 Å². The summed E-state index contributed by atoms with van der Waals surface area (Å²) >= 11 is 0. The molecule has 0 bridgehead atoms. The Morgan fingerprint density at radius 2 is 1.80 bits per heavy atom. The Bertz CT molecular complexity index is 383. The normalized spacial score (nSPS) is 11.7. The Morgan fingerprint density at radius 1 is 1.15 bits per heavy atom. The van der Waals surface area contributed by atoms with Crippen molar-refractivity contribution < 1.29 is 4.74 Å². The van der Waals surface area contributed by atoms with E-state index >= 15 is 0 Å². The maximum atomic E-state index is 5.76. The van der Waals surface area contributed by atoms with E-state index in [0.29, 0.717) is 12.1 Å². The van der Waals surface area contributed by atoms with E-state index in [9.17, 15) is 0 Å². The molecule has 0 aliphatic carbocycles. The summed E-state index contributed by atoms with van der Waals surface area (Å²) in [6, 6.07) is 4.95. The van der Waals surface area contributed by atoms with Crippen LogP contribution in [0.2, 0.25) is 0 Å². The van der Waals surface area contributed by atoms with E-state index in [0.717, 1.165) is 24.7 Å². The highest BCUT2D eigenvalue weighted by molar-refractivity contribution is 5.49. The molecule has 114 valence electrons. The van der Waals surface area contributed by atoms with Crippen LogP contribution in [-0.2, 0) is 0 Å². The SMILES string of the molecule is CC(C)Oc1cccnc1NCCN(C(C)C)C(C)C. The summed E-state index contributed by atoms with van der Waals surface area (Å²) in [7, 11) is 0. The van der Waals surface area contributed by atoms with E-state index in [-0.39, 0.29) is 6.10 Å². The summed E-state index contributed by atoms with van der Waals surface area (Å²) in [4.78, 5) is 6.82. The smallest absolute Gasteiger partial charge is 0.168 e. The molecule has 0 unspecified atom stereocenters. The highest BCUT2D eigenvalue weighted by atomic mass is 16.5. The van der Waals surface area contributed by atoms with Gasteiger partial charge in [0.15, 0.2) is 11.6 Å². The highest BCUT2D eigenvalue weighted by Crippen LogP contribution is 2.21. The molecule has 0 saturated heterocycles. The first-order valence-corrected chi connectivity index (χ1v) is 7.53. The molecule has 0 saturated carbocycles. The molecule has 0 aliphatic heterocycles. The van der Waals surface area contributed by atoms with Crippen LogP contribution in [0.4, 0.5) is 5.82 Å². The van der Waals surface area contributed by atoms with Gasteiger partial charge < -0.3 is 10.1 Å². The van der Waals surface area contributed by atoms with E-state index in [1.165, 1.54) is 0 Å². The number of aromatic nitrogens is 1. The van der Waals surface area contributed by atoms with Crippen molar-refractivity contribution >= 4 is 5.82 Å². The number of nitrogens with zero attached hydrogens (tertiary/aromatic N) is 2. The first-order valence-electron chi connectivity index (χ1n) is 7.53. The van der Waals surface area contributed by atoms with Gasteiger partial charge in [0.1, 0.15) is 0 Å². The zero-order valence-electron chi connectivity index (χ0n) is 13.7. The van der Waals surface area contributed by atoms with Crippen molar-refractivity contribution in [3.8, 4) is 5.75 Å². The van der Waals surface area contributed by atoms with Gasteiger partial charge in [-0.3, -0.25) is 4.90 Å². The highest BCUT2D eigenvalue weighted by Gasteiger charge is 2.13. The Morgan fingerprint density at radius 3 is 2.35 bits per heavy atom. The Kier molecular flexibility index (Phi) is 6.79. The van der Waals surface area contributed by atoms with E-state index in [1.807, 2.05) is 26.0 Å². The number of anilines is 1. The second-order valence-corrected chi connectivity index (χ2v) is 5.87. The molecule has 0 aromatic carbocycles. The summed E-state index contributed by atoms with van der Waals surface area (Å²) in [5.74, 6) is 1.65. The minimum Gasteiger partial charge on any atom is -0.487 e. The predicted molar refractivity (Wildman–Crippen MR) is 85.5 cm³/mol. The fourth-order valence-electron chi connectivity index (χ4n) is 2.29. The molecule has 1 heterocycles. The maximum Gasteiger partial charge on any atom is 0.168 e. The van der Waals surface area contributed by atoms with Crippen LogP contribution in [0.15, 0.2) is 18.3 Å². The van der Waals surface area contributed by atoms with Gasteiger partial charge in [-0.05, 0) is 53.7 Å². The van der Waals surface area contributed by atoms with Gasteiger partial charge in [0.25, 0.3) is 0 Å². The summed E-state index contributed by atoms with van der Waals surface area (Å²) in [5.41, 5.74) is 0. The minimum absolute atomic E-state index is 0.155. The zero-order chi connectivity index (χ0) is 15.1. The van der Waals surface area contributed by atoms with E-state index in [1.54, 1.807) is 6.20 Å². The van der Waals surface area contributed by atoms with Crippen molar-refractivity contribution in [2.75, 3.05) is 18.4 Å². The molecule has 20 heavy (non-hydrogen) atoms. The van der Waals surface area contributed by atoms with Crippen molar-refractivity contribution in [2.45, 2.75) is 59.7 Å². The Balaban J connectivity index is 2.57. The Labute approximate surface area is 123 Å². The largest absolute Gasteiger partial charge is 0.487 e. The minimum atomic E-state index is 0.155. The first kappa shape index (κ1) is 16.8. The van der Waals surface area contributed by atoms with E-state index < -0.39 is 0 Å². The molecule has 0 fully saturated rings. The van der Waals surface area contributed by atoms with Gasteiger partial charge >= 0.3 is 0 Å². The van der Waals surface area contributed by atoms with Crippen LogP contribution in [0.3, 0.4) is 0 Å². The van der Waals surface area contributed by atoms with Gasteiger partial charge in [-0.2, -0.15) is 0 Å². The van der Waals surface area contributed by atoms with Crippen molar-refractivity contribution in [1.82, 2.24) is 9.88 Å². The van der Waals surface area contributed by atoms with Crippen molar-refractivity contribution in [3.63, 3.8) is 0 Å². The van der Waals surface area contributed by atoms with Crippen molar-refractivity contribution in [2.24, 2.45) is 0 Å². The number of nitrogens with one attached hydrogen (secondary N) is 1. The van der Waals surface area contributed by atoms with Crippen LogP contribution < -0.4 is 10.1 Å². The monoisotopic (exact) mass is 279 g/mol. The molecule has 0 aliphatic rings. The molecular weight excluding hydrogens is 250 g/mol. The third-order valence-electron chi connectivity index (χ3n) is 3.12. The lowest BCUT2D eigenvalue weighted by Gasteiger charge is -2.30. The second kappa shape index (κ2) is 8.10. The maximum absolute atomic E-state index is 5.76. The number of hydrogen-bond acceptors (Lipinski definition) is 4. The van der Waals surface area contributed by atoms with Crippen molar-refractivity contribution in [1.29, 1.82) is 0 Å². The fourth-order valence-corrected chi connectivity index (χ4v) is 2.29. The van der Waals surface area contributed by atoms with Crippen LogP contribution in [0, 0.1) is 0 Å². The number of ether oxygens (including phenoxy) is 1. The first-order chi connectivity index (χ1) is 9.41. The predicted octanol–water partition coefficient (Wildman–Crippen LogP) is 3.40. The standard InChI is InChI=1S/C16H29N3O/c1-12(2)19(13(3)4)11-10-18-16-15(20-14(5)6)8-7-9-17-16/h7-9,12-14H,10-11H2,1-6H3,(H,17,18). The average molecular weight is 279 g/mol. The van der Waals surface area contributed by atoms with Gasteiger partial charge in [-0.25, -0.2) is 4.98 Å². The van der Waals surface area contributed by atoms with Gasteiger partial charge in [0.05, 0.1) is 6.10 Å². The lowest BCUT2D eigenvalue weighted by Crippen LogP contribution is -2.40. The van der Waals surface area contributed by atoms with Crippen LogP contribution in [0.5, 0.6) is 5.75 Å². The molecule has 1 aromatic rings. The van der Waals surface area contributed by atoms with Crippen LogP contribution in [-0.4, -0.2) is 41.2 Å². The van der Waals surface area contributed by atoms with Gasteiger partial charge in [0.2, 0.25) is 0 Å². The quantitative estimate of drug-likeness (QED) is 0.791.